The molecule has 1 aromatic rings. The first kappa shape index (κ1) is 11.1. The van der Waals surface area contributed by atoms with Crippen molar-refractivity contribution >= 4 is 22.4 Å². The van der Waals surface area contributed by atoms with Gasteiger partial charge in [0.1, 0.15) is 5.69 Å². The van der Waals surface area contributed by atoms with Gasteiger partial charge in [0.2, 0.25) is 0 Å². The Labute approximate surface area is 96.1 Å². The predicted molar refractivity (Wildman–Crippen MR) is 62.4 cm³/mol. The zero-order valence-electron chi connectivity index (χ0n) is 8.76. The Kier molecular flexibility index (Phi) is 3.19. The molecule has 0 unspecified atom stereocenters. The van der Waals surface area contributed by atoms with Gasteiger partial charge in [0.15, 0.2) is 0 Å². The molecule has 5 nitrogen and oxygen atoms in total. The van der Waals surface area contributed by atoms with E-state index in [1.165, 1.54) is 6.20 Å². The Hall–Kier alpha value is -1.43. The zero-order chi connectivity index (χ0) is 11.5. The first-order valence-corrected chi connectivity index (χ1v) is 6.51. The number of rotatable bonds is 1. The van der Waals surface area contributed by atoms with Crippen LogP contribution in [-0.4, -0.2) is 44.6 Å². The summed E-state index contributed by atoms with van der Waals surface area (Å²) in [7, 11) is -0.777. The van der Waals surface area contributed by atoms with Crippen molar-refractivity contribution in [3.8, 4) is 0 Å². The molecule has 0 atom stereocenters. The Bertz CT molecular complexity index is 426. The van der Waals surface area contributed by atoms with E-state index in [0.29, 0.717) is 36.0 Å². The number of hydrogen-bond acceptors (Lipinski definition) is 4. The number of pyridine rings is 1. The number of aromatic nitrogens is 1. The molecule has 6 heteroatoms. The number of hydrogen-bond donors (Lipinski definition) is 1. The lowest BCUT2D eigenvalue weighted by atomic mass is 10.3. The molecule has 2 heterocycles. The number of nitrogens with two attached hydrogens (primary N) is 1. The topological polar surface area (TPSA) is 76.3 Å². The van der Waals surface area contributed by atoms with Crippen molar-refractivity contribution in [1.82, 2.24) is 9.88 Å². The summed E-state index contributed by atoms with van der Waals surface area (Å²) < 4.78 is 11.2. The highest BCUT2D eigenvalue weighted by atomic mass is 32.2. The second-order valence-electron chi connectivity index (χ2n) is 3.61. The molecule has 1 aliphatic rings. The first-order valence-electron chi connectivity index (χ1n) is 5.02. The second-order valence-corrected chi connectivity index (χ2v) is 5.31. The quantitative estimate of drug-likeness (QED) is 0.740. The zero-order valence-corrected chi connectivity index (χ0v) is 9.57. The molecule has 0 saturated carbocycles. The summed E-state index contributed by atoms with van der Waals surface area (Å²) in [6.07, 6.45) is 1.52. The Morgan fingerprint density at radius 2 is 2.12 bits per heavy atom. The third kappa shape index (κ3) is 2.38. The van der Waals surface area contributed by atoms with Gasteiger partial charge in [-0.1, -0.05) is 0 Å². The van der Waals surface area contributed by atoms with Gasteiger partial charge in [-0.3, -0.25) is 14.0 Å². The molecular formula is C10H13N3O2S. The number of amides is 1. The molecule has 0 bridgehead atoms. The van der Waals surface area contributed by atoms with Gasteiger partial charge >= 0.3 is 0 Å². The van der Waals surface area contributed by atoms with Crippen LogP contribution in [0, 0.1) is 0 Å². The van der Waals surface area contributed by atoms with Gasteiger partial charge in [-0.2, -0.15) is 0 Å². The molecule has 0 aliphatic carbocycles. The Morgan fingerprint density at radius 3 is 2.75 bits per heavy atom. The van der Waals surface area contributed by atoms with Crippen LogP contribution in [0.5, 0.6) is 0 Å². The fraction of sp³-hybridized carbons (Fsp3) is 0.400. The lowest BCUT2D eigenvalue weighted by molar-refractivity contribution is 0.0765. The van der Waals surface area contributed by atoms with Crippen LogP contribution >= 0.6 is 0 Å². The average molecular weight is 239 g/mol. The molecule has 86 valence electrons. The van der Waals surface area contributed by atoms with Crippen LogP contribution in [0.4, 0.5) is 5.69 Å². The number of anilines is 1. The Balaban J connectivity index is 2.10. The van der Waals surface area contributed by atoms with E-state index in [2.05, 4.69) is 4.98 Å². The fourth-order valence-electron chi connectivity index (χ4n) is 1.57. The highest BCUT2D eigenvalue weighted by Gasteiger charge is 2.21. The number of carbonyl (C=O) groups excluding carboxylic acids is 1. The maximum atomic E-state index is 12.0. The number of nitrogens with zero attached hydrogens (tertiary/aromatic N) is 2. The molecular weight excluding hydrogens is 226 g/mol. The van der Waals surface area contributed by atoms with E-state index in [1.54, 1.807) is 17.0 Å². The predicted octanol–water partition coefficient (Wildman–Crippen LogP) is -0.132. The van der Waals surface area contributed by atoms with Crippen LogP contribution in [0.1, 0.15) is 10.5 Å². The van der Waals surface area contributed by atoms with Crippen molar-refractivity contribution in [3.05, 3.63) is 24.0 Å². The molecule has 1 amide bonds. The summed E-state index contributed by atoms with van der Waals surface area (Å²) in [5.74, 6) is 0.964. The number of carbonyl (C=O) groups is 1. The van der Waals surface area contributed by atoms with Crippen LogP contribution < -0.4 is 5.73 Å². The van der Waals surface area contributed by atoms with Gasteiger partial charge in [-0.05, 0) is 12.1 Å². The van der Waals surface area contributed by atoms with Crippen LogP contribution in [0.25, 0.3) is 0 Å². The average Bonchev–Trinajstić information content (AvgIpc) is 2.29. The van der Waals surface area contributed by atoms with E-state index < -0.39 is 10.8 Å². The SMILES string of the molecule is Nc1ccnc(C(=O)N2CCS(=O)CC2)c1. The summed E-state index contributed by atoms with van der Waals surface area (Å²) in [4.78, 5) is 17.6. The van der Waals surface area contributed by atoms with Crippen molar-refractivity contribution in [3.63, 3.8) is 0 Å². The maximum Gasteiger partial charge on any atom is 0.272 e. The normalized spacial score (nSPS) is 17.4. The minimum Gasteiger partial charge on any atom is -0.399 e. The summed E-state index contributed by atoms with van der Waals surface area (Å²) in [6.45, 7) is 1.06. The molecule has 0 radical (unpaired) electrons. The van der Waals surface area contributed by atoms with Crippen molar-refractivity contribution in [2.45, 2.75) is 0 Å². The minimum absolute atomic E-state index is 0.135. The van der Waals surface area contributed by atoms with Crippen molar-refractivity contribution in [2.24, 2.45) is 0 Å². The molecule has 1 saturated heterocycles. The van der Waals surface area contributed by atoms with Crippen molar-refractivity contribution in [1.29, 1.82) is 0 Å². The molecule has 0 aromatic carbocycles. The first-order chi connectivity index (χ1) is 7.66. The Morgan fingerprint density at radius 1 is 1.44 bits per heavy atom. The van der Waals surface area contributed by atoms with E-state index in [9.17, 15) is 9.00 Å². The lowest BCUT2D eigenvalue weighted by Crippen LogP contribution is -2.42. The monoisotopic (exact) mass is 239 g/mol. The van der Waals surface area contributed by atoms with Gasteiger partial charge in [-0.25, -0.2) is 0 Å². The number of nitrogen functional groups attached to an aromatic ring is 1. The van der Waals surface area contributed by atoms with Crippen LogP contribution in [0.3, 0.4) is 0 Å². The van der Waals surface area contributed by atoms with E-state index in [4.69, 9.17) is 5.73 Å². The fourth-order valence-corrected chi connectivity index (χ4v) is 2.62. The molecule has 16 heavy (non-hydrogen) atoms. The standard InChI is InChI=1S/C10H13N3O2S/c11-8-1-2-12-9(7-8)10(14)13-3-5-16(15)6-4-13/h1-2,7H,3-6H2,(H2,11,12). The third-order valence-electron chi connectivity index (χ3n) is 2.47. The van der Waals surface area contributed by atoms with Crippen LogP contribution in [-0.2, 0) is 10.8 Å². The van der Waals surface area contributed by atoms with Crippen LogP contribution in [0.15, 0.2) is 18.3 Å². The summed E-state index contributed by atoms with van der Waals surface area (Å²) in [5.41, 5.74) is 6.47. The van der Waals surface area contributed by atoms with Gasteiger partial charge in [-0.15, -0.1) is 0 Å². The van der Waals surface area contributed by atoms with E-state index in [-0.39, 0.29) is 5.91 Å². The third-order valence-corrected chi connectivity index (χ3v) is 3.74. The summed E-state index contributed by atoms with van der Waals surface area (Å²) in [5, 5.41) is 0. The second kappa shape index (κ2) is 4.61. The highest BCUT2D eigenvalue weighted by Crippen LogP contribution is 2.09. The van der Waals surface area contributed by atoms with E-state index in [0.717, 1.165) is 0 Å². The van der Waals surface area contributed by atoms with E-state index >= 15 is 0 Å². The van der Waals surface area contributed by atoms with Gasteiger partial charge in [0.05, 0.1) is 0 Å². The van der Waals surface area contributed by atoms with Gasteiger partial charge < -0.3 is 10.6 Å². The smallest absolute Gasteiger partial charge is 0.272 e. The maximum absolute atomic E-state index is 12.0. The van der Waals surface area contributed by atoms with Crippen molar-refractivity contribution < 1.29 is 9.00 Å². The van der Waals surface area contributed by atoms with Crippen LogP contribution in [0.2, 0.25) is 0 Å². The van der Waals surface area contributed by atoms with Crippen molar-refractivity contribution in [2.75, 3.05) is 30.3 Å². The lowest BCUT2D eigenvalue weighted by Gasteiger charge is -2.25. The molecule has 1 aromatic heterocycles. The minimum atomic E-state index is -0.777. The van der Waals surface area contributed by atoms with Gasteiger partial charge in [0.25, 0.3) is 5.91 Å². The summed E-state index contributed by atoms with van der Waals surface area (Å²) >= 11 is 0. The largest absolute Gasteiger partial charge is 0.399 e. The molecule has 1 aliphatic heterocycles. The van der Waals surface area contributed by atoms with Gasteiger partial charge in [0, 0.05) is 47.3 Å². The summed E-state index contributed by atoms with van der Waals surface area (Å²) in [6, 6.07) is 3.20. The molecule has 0 spiro atoms. The van der Waals surface area contributed by atoms with E-state index in [1.807, 2.05) is 0 Å². The molecule has 2 rings (SSSR count). The molecule has 1 fully saturated rings. The molecule has 2 N–H and O–H groups in total. The highest BCUT2D eigenvalue weighted by molar-refractivity contribution is 7.85.